The molecule has 1 aromatic heterocycles. The Morgan fingerprint density at radius 1 is 1.38 bits per heavy atom. The number of thiazole rings is 1. The van der Waals surface area contributed by atoms with E-state index in [1.807, 2.05) is 24.3 Å². The molecule has 0 aliphatic carbocycles. The van der Waals surface area contributed by atoms with E-state index in [-0.39, 0.29) is 11.9 Å². The van der Waals surface area contributed by atoms with Crippen LogP contribution in [0.25, 0.3) is 16.3 Å². The molecule has 1 N–H and O–H groups in total. The molecule has 1 aliphatic rings. The van der Waals surface area contributed by atoms with Crippen LogP contribution in [0.2, 0.25) is 0 Å². The minimum Gasteiger partial charge on any atom is -0.377 e. The van der Waals surface area contributed by atoms with Gasteiger partial charge in [0.05, 0.1) is 22.1 Å². The van der Waals surface area contributed by atoms with Crippen LogP contribution < -0.4 is 4.72 Å². The Hall–Kier alpha value is -1.77. The molecule has 1 unspecified atom stereocenters. The van der Waals surface area contributed by atoms with Gasteiger partial charge in [0.25, 0.3) is 5.91 Å². The maximum atomic E-state index is 12.0. The number of ether oxygens (including phenoxy) is 1. The van der Waals surface area contributed by atoms with Crippen molar-refractivity contribution in [2.24, 2.45) is 0 Å². The van der Waals surface area contributed by atoms with Crippen LogP contribution in [0.5, 0.6) is 0 Å². The molecule has 1 amide bonds. The zero-order valence-corrected chi connectivity index (χ0v) is 14.6. The first-order chi connectivity index (χ1) is 11.5. The van der Waals surface area contributed by atoms with Crippen LogP contribution in [-0.4, -0.2) is 37.8 Å². The summed E-state index contributed by atoms with van der Waals surface area (Å²) in [6, 6.07) is 7.64. The second-order valence-electron chi connectivity index (χ2n) is 5.59. The third kappa shape index (κ3) is 4.62. The Balaban J connectivity index is 1.59. The average Bonchev–Trinajstić information content (AvgIpc) is 2.96. The SMILES string of the molecule is O=C(C=Cc1nc2ccccc2s1)NS(=O)(=O)CC1CCCCO1. The average molecular weight is 366 g/mol. The molecular formula is C16H18N2O4S2. The van der Waals surface area contributed by atoms with Gasteiger partial charge in [0.1, 0.15) is 5.01 Å². The molecule has 0 radical (unpaired) electrons. The first-order valence-corrected chi connectivity index (χ1v) is 10.2. The summed E-state index contributed by atoms with van der Waals surface area (Å²) in [5.74, 6) is -0.863. The Bertz CT molecular complexity index is 819. The van der Waals surface area contributed by atoms with Gasteiger partial charge in [-0.05, 0) is 37.5 Å². The zero-order valence-electron chi connectivity index (χ0n) is 13.0. The summed E-state index contributed by atoms with van der Waals surface area (Å²) in [6.45, 7) is 0.575. The number of hydrogen-bond donors (Lipinski definition) is 1. The fourth-order valence-corrected chi connectivity index (χ4v) is 4.60. The van der Waals surface area contributed by atoms with Crippen molar-refractivity contribution in [2.45, 2.75) is 25.4 Å². The van der Waals surface area contributed by atoms with Crippen molar-refractivity contribution in [2.75, 3.05) is 12.4 Å². The normalized spacial score (nSPS) is 18.9. The van der Waals surface area contributed by atoms with Crippen molar-refractivity contribution >= 4 is 43.6 Å². The maximum Gasteiger partial charge on any atom is 0.257 e. The van der Waals surface area contributed by atoms with Gasteiger partial charge in [-0.15, -0.1) is 11.3 Å². The second kappa shape index (κ2) is 7.42. The molecule has 3 rings (SSSR count). The van der Waals surface area contributed by atoms with Crippen molar-refractivity contribution in [3.8, 4) is 0 Å². The first-order valence-electron chi connectivity index (χ1n) is 7.71. The molecule has 2 aromatic rings. The highest BCUT2D eigenvalue weighted by atomic mass is 32.2. The Morgan fingerprint density at radius 3 is 2.96 bits per heavy atom. The highest BCUT2D eigenvalue weighted by Crippen LogP contribution is 2.22. The minimum atomic E-state index is -3.70. The molecule has 1 atom stereocenters. The smallest absolute Gasteiger partial charge is 0.257 e. The van der Waals surface area contributed by atoms with Crippen molar-refractivity contribution in [1.82, 2.24) is 9.71 Å². The number of sulfonamides is 1. The van der Waals surface area contributed by atoms with Gasteiger partial charge in [-0.25, -0.2) is 18.1 Å². The van der Waals surface area contributed by atoms with Crippen LogP contribution in [-0.2, 0) is 19.6 Å². The zero-order chi connectivity index (χ0) is 17.0. The summed E-state index contributed by atoms with van der Waals surface area (Å²) >= 11 is 1.44. The molecule has 128 valence electrons. The van der Waals surface area contributed by atoms with Gasteiger partial charge in [-0.2, -0.15) is 0 Å². The summed E-state index contributed by atoms with van der Waals surface area (Å²) in [4.78, 5) is 16.2. The summed E-state index contributed by atoms with van der Waals surface area (Å²) in [5, 5.41) is 0.652. The molecule has 1 aromatic carbocycles. The minimum absolute atomic E-state index is 0.187. The van der Waals surface area contributed by atoms with Crippen molar-refractivity contribution in [3.63, 3.8) is 0 Å². The maximum absolute atomic E-state index is 12.0. The summed E-state index contributed by atoms with van der Waals surface area (Å²) < 4.78 is 32.5. The number of aromatic nitrogens is 1. The number of nitrogens with one attached hydrogen (secondary N) is 1. The van der Waals surface area contributed by atoms with Crippen LogP contribution in [0.4, 0.5) is 0 Å². The lowest BCUT2D eigenvalue weighted by molar-refractivity contribution is -0.114. The highest BCUT2D eigenvalue weighted by molar-refractivity contribution is 7.90. The van der Waals surface area contributed by atoms with Crippen molar-refractivity contribution in [3.05, 3.63) is 35.3 Å². The van der Waals surface area contributed by atoms with Crippen LogP contribution >= 0.6 is 11.3 Å². The molecule has 1 saturated heterocycles. The topological polar surface area (TPSA) is 85.4 Å². The number of fused-ring (bicyclic) bond motifs is 1. The lowest BCUT2D eigenvalue weighted by atomic mass is 10.1. The van der Waals surface area contributed by atoms with Crippen molar-refractivity contribution < 1.29 is 17.9 Å². The van der Waals surface area contributed by atoms with E-state index in [0.29, 0.717) is 18.0 Å². The molecule has 24 heavy (non-hydrogen) atoms. The summed E-state index contributed by atoms with van der Waals surface area (Å²) in [6.07, 6.45) is 4.98. The molecule has 1 fully saturated rings. The standard InChI is InChI=1S/C16H18N2O4S2/c19-15(18-24(20,21)11-12-5-3-4-10-22-12)8-9-16-17-13-6-1-2-7-14(13)23-16/h1-2,6-9,12H,3-5,10-11H2,(H,18,19). The van der Waals surface area contributed by atoms with E-state index in [9.17, 15) is 13.2 Å². The molecule has 0 spiro atoms. The van der Waals surface area contributed by atoms with Gasteiger partial charge in [-0.1, -0.05) is 12.1 Å². The first kappa shape index (κ1) is 17.1. The number of hydrogen-bond acceptors (Lipinski definition) is 6. The van der Waals surface area contributed by atoms with Gasteiger partial charge >= 0.3 is 0 Å². The van der Waals surface area contributed by atoms with Gasteiger partial charge < -0.3 is 4.74 Å². The van der Waals surface area contributed by atoms with E-state index in [4.69, 9.17) is 4.74 Å². The fraction of sp³-hybridized carbons (Fsp3) is 0.375. The van der Waals surface area contributed by atoms with Crippen LogP contribution in [0.15, 0.2) is 30.3 Å². The molecule has 2 heterocycles. The molecular weight excluding hydrogens is 348 g/mol. The second-order valence-corrected chi connectivity index (χ2v) is 8.42. The molecule has 8 heteroatoms. The number of carbonyl (C=O) groups excluding carboxylic acids is 1. The predicted molar refractivity (Wildman–Crippen MR) is 94.2 cm³/mol. The molecule has 6 nitrogen and oxygen atoms in total. The van der Waals surface area contributed by atoms with Gasteiger partial charge in [0.15, 0.2) is 0 Å². The Morgan fingerprint density at radius 2 is 2.21 bits per heavy atom. The van der Waals surface area contributed by atoms with Crippen LogP contribution in [0, 0.1) is 0 Å². The lowest BCUT2D eigenvalue weighted by Gasteiger charge is -2.22. The third-order valence-electron chi connectivity index (χ3n) is 3.62. The lowest BCUT2D eigenvalue weighted by Crippen LogP contribution is -2.37. The largest absolute Gasteiger partial charge is 0.377 e. The van der Waals surface area contributed by atoms with E-state index >= 15 is 0 Å². The van der Waals surface area contributed by atoms with E-state index < -0.39 is 15.9 Å². The van der Waals surface area contributed by atoms with Crippen LogP contribution in [0.3, 0.4) is 0 Å². The number of para-hydroxylation sites is 1. The number of carbonyl (C=O) groups is 1. The quantitative estimate of drug-likeness (QED) is 0.821. The molecule has 0 saturated carbocycles. The fourth-order valence-electron chi connectivity index (χ4n) is 2.52. The highest BCUT2D eigenvalue weighted by Gasteiger charge is 2.23. The summed E-state index contributed by atoms with van der Waals surface area (Å²) in [5.41, 5.74) is 0.852. The monoisotopic (exact) mass is 366 g/mol. The number of benzene rings is 1. The Kier molecular flexibility index (Phi) is 5.27. The van der Waals surface area contributed by atoms with E-state index in [1.165, 1.54) is 23.5 Å². The van der Waals surface area contributed by atoms with Gasteiger partial charge in [-0.3, -0.25) is 4.79 Å². The van der Waals surface area contributed by atoms with E-state index in [0.717, 1.165) is 23.1 Å². The van der Waals surface area contributed by atoms with E-state index in [1.54, 1.807) is 0 Å². The summed E-state index contributed by atoms with van der Waals surface area (Å²) in [7, 11) is -3.70. The predicted octanol–water partition coefficient (Wildman–Crippen LogP) is 2.32. The van der Waals surface area contributed by atoms with E-state index in [2.05, 4.69) is 9.71 Å². The molecule has 0 bridgehead atoms. The number of amides is 1. The van der Waals surface area contributed by atoms with Gasteiger partial charge in [0.2, 0.25) is 10.0 Å². The van der Waals surface area contributed by atoms with Gasteiger partial charge in [0, 0.05) is 12.7 Å². The molecule has 1 aliphatic heterocycles. The van der Waals surface area contributed by atoms with Crippen LogP contribution in [0.1, 0.15) is 24.3 Å². The van der Waals surface area contributed by atoms with Crippen molar-refractivity contribution in [1.29, 1.82) is 0 Å². The number of nitrogens with zero attached hydrogens (tertiary/aromatic N) is 1. The third-order valence-corrected chi connectivity index (χ3v) is 5.95. The Labute approximate surface area is 144 Å². The number of rotatable bonds is 5.